The van der Waals surface area contributed by atoms with Crippen LogP contribution in [0.3, 0.4) is 0 Å². The number of ether oxygens (including phenoxy) is 1. The van der Waals surface area contributed by atoms with E-state index in [0.717, 1.165) is 21.3 Å². The monoisotopic (exact) mass is 441 g/mol. The molecule has 4 rings (SSSR count). The van der Waals surface area contributed by atoms with Gasteiger partial charge < -0.3 is 14.6 Å². The molecule has 2 heterocycles. The molecule has 1 aromatic heterocycles. The van der Waals surface area contributed by atoms with Gasteiger partial charge in [-0.25, -0.2) is 0 Å². The van der Waals surface area contributed by atoms with Crippen LogP contribution in [-0.2, 0) is 11.2 Å². The van der Waals surface area contributed by atoms with Gasteiger partial charge in [-0.2, -0.15) is 4.98 Å². The molecule has 28 heavy (non-hydrogen) atoms. The van der Waals surface area contributed by atoms with Crippen molar-refractivity contribution in [2.45, 2.75) is 25.8 Å². The Bertz CT molecular complexity index is 988. The average molecular weight is 442 g/mol. The first-order chi connectivity index (χ1) is 13.6. The molecule has 0 bridgehead atoms. The molecule has 1 N–H and O–H groups in total. The number of para-hydroxylation sites is 1. The first-order valence-corrected chi connectivity index (χ1v) is 10.0. The van der Waals surface area contributed by atoms with Crippen LogP contribution >= 0.6 is 15.9 Å². The minimum absolute atomic E-state index is 0.0600. The number of hydrogen-bond donors (Lipinski definition) is 1. The van der Waals surface area contributed by atoms with Crippen molar-refractivity contribution in [3.05, 3.63) is 64.4 Å². The Kier molecular flexibility index (Phi) is 5.43. The number of nitrogens with zero attached hydrogens (tertiary/aromatic N) is 2. The Morgan fingerprint density at radius 2 is 2.14 bits per heavy atom. The maximum absolute atomic E-state index is 12.8. The summed E-state index contributed by atoms with van der Waals surface area (Å²) in [5.74, 6) is 1.47. The van der Waals surface area contributed by atoms with E-state index in [-0.39, 0.29) is 17.9 Å². The van der Waals surface area contributed by atoms with Crippen LogP contribution in [0.15, 0.2) is 57.5 Å². The molecule has 1 amide bonds. The van der Waals surface area contributed by atoms with E-state index in [9.17, 15) is 4.79 Å². The highest BCUT2D eigenvalue weighted by atomic mass is 79.9. The minimum Gasteiger partial charge on any atom is -0.492 e. The number of carbonyl (C=O) groups is 1. The summed E-state index contributed by atoms with van der Waals surface area (Å²) < 4.78 is 12.1. The molecule has 2 aromatic carbocycles. The first kappa shape index (κ1) is 18.7. The summed E-state index contributed by atoms with van der Waals surface area (Å²) in [5.41, 5.74) is 1.88. The number of rotatable bonds is 5. The topological polar surface area (TPSA) is 77.2 Å². The Morgan fingerprint density at radius 3 is 2.96 bits per heavy atom. The number of amides is 1. The summed E-state index contributed by atoms with van der Waals surface area (Å²) in [6.45, 7) is 2.35. The third-order valence-corrected chi connectivity index (χ3v) is 5.29. The van der Waals surface area contributed by atoms with Gasteiger partial charge in [0, 0.05) is 10.0 Å². The van der Waals surface area contributed by atoms with E-state index in [4.69, 9.17) is 9.26 Å². The molecule has 3 aromatic rings. The minimum atomic E-state index is -0.311. The number of carbonyl (C=O) groups excluding carboxylic acids is 1. The molecular formula is C21H20BrN3O3. The van der Waals surface area contributed by atoms with Gasteiger partial charge in [0.15, 0.2) is 5.82 Å². The highest BCUT2D eigenvalue weighted by molar-refractivity contribution is 9.10. The Morgan fingerprint density at radius 1 is 1.29 bits per heavy atom. The van der Waals surface area contributed by atoms with Crippen molar-refractivity contribution in [2.75, 3.05) is 6.61 Å². The lowest BCUT2D eigenvalue weighted by atomic mass is 9.95. The molecule has 0 saturated carbocycles. The van der Waals surface area contributed by atoms with Crippen LogP contribution in [0.5, 0.6) is 5.75 Å². The zero-order valence-corrected chi connectivity index (χ0v) is 17.0. The Hall–Kier alpha value is -2.67. The van der Waals surface area contributed by atoms with Crippen LogP contribution in [0.2, 0.25) is 0 Å². The van der Waals surface area contributed by atoms with Crippen molar-refractivity contribution in [3.63, 3.8) is 0 Å². The fourth-order valence-electron chi connectivity index (χ4n) is 3.25. The van der Waals surface area contributed by atoms with Gasteiger partial charge in [0.1, 0.15) is 12.4 Å². The van der Waals surface area contributed by atoms with Crippen LogP contribution in [0.1, 0.15) is 30.8 Å². The van der Waals surface area contributed by atoms with Crippen molar-refractivity contribution in [2.24, 2.45) is 5.92 Å². The lowest BCUT2D eigenvalue weighted by Gasteiger charge is -2.25. The normalized spacial score (nSPS) is 16.7. The quantitative estimate of drug-likeness (QED) is 0.637. The number of benzene rings is 2. The standard InChI is InChI=1S/C21H20BrN3O3/c1-2-17(19-24-21(28-25-19)14-7-5-8-16(22)11-14)23-20(26)15-10-13-6-3-4-9-18(13)27-12-15/h3-9,11,15,17H,2,10,12H2,1H3,(H,23,26)/t15-,17-/m0/s1. The van der Waals surface area contributed by atoms with Gasteiger partial charge in [0.25, 0.3) is 5.89 Å². The summed E-state index contributed by atoms with van der Waals surface area (Å²) in [5, 5.41) is 7.13. The van der Waals surface area contributed by atoms with Crippen molar-refractivity contribution in [3.8, 4) is 17.2 Å². The maximum atomic E-state index is 12.8. The van der Waals surface area contributed by atoms with Gasteiger partial charge >= 0.3 is 0 Å². The number of hydrogen-bond acceptors (Lipinski definition) is 5. The van der Waals surface area contributed by atoms with Crippen LogP contribution in [-0.4, -0.2) is 22.7 Å². The van der Waals surface area contributed by atoms with Gasteiger partial charge in [-0.05, 0) is 42.7 Å². The van der Waals surface area contributed by atoms with Gasteiger partial charge in [-0.15, -0.1) is 0 Å². The van der Waals surface area contributed by atoms with E-state index in [1.165, 1.54) is 0 Å². The largest absolute Gasteiger partial charge is 0.492 e. The van der Waals surface area contributed by atoms with Crippen LogP contribution in [0.4, 0.5) is 0 Å². The molecule has 0 radical (unpaired) electrons. The molecule has 6 nitrogen and oxygen atoms in total. The molecule has 0 spiro atoms. The second-order valence-electron chi connectivity index (χ2n) is 6.76. The molecule has 144 valence electrons. The summed E-state index contributed by atoms with van der Waals surface area (Å²) in [6.07, 6.45) is 1.32. The van der Waals surface area contributed by atoms with E-state index in [2.05, 4.69) is 31.4 Å². The van der Waals surface area contributed by atoms with Gasteiger partial charge in [-0.1, -0.05) is 52.3 Å². The highest BCUT2D eigenvalue weighted by Gasteiger charge is 2.28. The fourth-order valence-corrected chi connectivity index (χ4v) is 3.65. The lowest BCUT2D eigenvalue weighted by Crippen LogP contribution is -2.39. The van der Waals surface area contributed by atoms with Gasteiger partial charge in [0.05, 0.1) is 12.0 Å². The number of aromatic nitrogens is 2. The fraction of sp³-hybridized carbons (Fsp3) is 0.286. The molecule has 2 atom stereocenters. The zero-order valence-electron chi connectivity index (χ0n) is 15.4. The molecule has 7 heteroatoms. The second-order valence-corrected chi connectivity index (χ2v) is 7.67. The Balaban J connectivity index is 1.46. The van der Waals surface area contributed by atoms with E-state index in [1.807, 2.05) is 55.5 Å². The number of halogens is 1. The summed E-state index contributed by atoms with van der Waals surface area (Å²) in [6, 6.07) is 15.2. The third-order valence-electron chi connectivity index (χ3n) is 4.80. The van der Waals surface area contributed by atoms with E-state index >= 15 is 0 Å². The third kappa shape index (κ3) is 3.94. The van der Waals surface area contributed by atoms with Gasteiger partial charge in [0.2, 0.25) is 5.91 Å². The molecule has 0 aliphatic carbocycles. The molecule has 1 aliphatic rings. The Labute approximate surface area is 171 Å². The van der Waals surface area contributed by atoms with Crippen LogP contribution in [0, 0.1) is 5.92 Å². The average Bonchev–Trinajstić information content (AvgIpc) is 3.21. The van der Waals surface area contributed by atoms with Crippen molar-refractivity contribution in [1.82, 2.24) is 15.5 Å². The van der Waals surface area contributed by atoms with Gasteiger partial charge in [-0.3, -0.25) is 4.79 Å². The van der Waals surface area contributed by atoms with E-state index in [0.29, 0.717) is 31.2 Å². The molecule has 1 aliphatic heterocycles. The highest BCUT2D eigenvalue weighted by Crippen LogP contribution is 2.28. The van der Waals surface area contributed by atoms with E-state index in [1.54, 1.807) is 0 Å². The van der Waals surface area contributed by atoms with Crippen LogP contribution in [0.25, 0.3) is 11.5 Å². The predicted octanol–water partition coefficient (Wildman–Crippen LogP) is 4.32. The summed E-state index contributed by atoms with van der Waals surface area (Å²) >= 11 is 3.44. The zero-order chi connectivity index (χ0) is 19.5. The van der Waals surface area contributed by atoms with Crippen molar-refractivity contribution < 1.29 is 14.1 Å². The molecule has 0 fully saturated rings. The smallest absolute Gasteiger partial charge is 0.258 e. The second kappa shape index (κ2) is 8.14. The lowest BCUT2D eigenvalue weighted by molar-refractivity contribution is -0.127. The summed E-state index contributed by atoms with van der Waals surface area (Å²) in [4.78, 5) is 17.3. The predicted molar refractivity (Wildman–Crippen MR) is 108 cm³/mol. The van der Waals surface area contributed by atoms with Crippen molar-refractivity contribution >= 4 is 21.8 Å². The van der Waals surface area contributed by atoms with Crippen LogP contribution < -0.4 is 10.1 Å². The molecule has 0 unspecified atom stereocenters. The molecular weight excluding hydrogens is 422 g/mol. The first-order valence-electron chi connectivity index (χ1n) is 9.24. The summed E-state index contributed by atoms with van der Waals surface area (Å²) in [7, 11) is 0. The van der Waals surface area contributed by atoms with Crippen molar-refractivity contribution in [1.29, 1.82) is 0 Å². The number of nitrogens with one attached hydrogen (secondary N) is 1. The SMILES string of the molecule is CC[C@H](NC(=O)[C@@H]1COc2ccccc2C1)c1noc(-c2cccc(Br)c2)n1. The number of fused-ring (bicyclic) bond motifs is 1. The molecule has 0 saturated heterocycles. The maximum Gasteiger partial charge on any atom is 0.258 e. The van der Waals surface area contributed by atoms with E-state index < -0.39 is 0 Å².